The van der Waals surface area contributed by atoms with Gasteiger partial charge in [-0.05, 0) is 51.0 Å². The molecule has 0 saturated carbocycles. The maximum Gasteiger partial charge on any atom is 0.355 e. The number of nitrogens with one attached hydrogen (secondary N) is 1. The summed E-state index contributed by atoms with van der Waals surface area (Å²) in [5, 5.41) is 0. The molecule has 0 saturated heterocycles. The molecule has 31 heavy (non-hydrogen) atoms. The highest BCUT2D eigenvalue weighted by molar-refractivity contribution is 6.03. The lowest BCUT2D eigenvalue weighted by molar-refractivity contribution is -0.144. The van der Waals surface area contributed by atoms with Crippen LogP contribution in [0.1, 0.15) is 51.5 Å². The van der Waals surface area contributed by atoms with Crippen LogP contribution in [-0.4, -0.2) is 49.6 Å². The van der Waals surface area contributed by atoms with E-state index in [1.54, 1.807) is 32.9 Å². The number of aromatic amines is 1. The van der Waals surface area contributed by atoms with E-state index in [0.29, 0.717) is 28.3 Å². The lowest BCUT2D eigenvalue weighted by Crippen LogP contribution is -2.20. The smallest absolute Gasteiger partial charge is 0.355 e. The van der Waals surface area contributed by atoms with Gasteiger partial charge in [0.2, 0.25) is 5.78 Å². The highest BCUT2D eigenvalue weighted by Gasteiger charge is 2.23. The van der Waals surface area contributed by atoms with Crippen molar-refractivity contribution in [3.05, 3.63) is 52.4 Å². The quantitative estimate of drug-likeness (QED) is 0.454. The first-order chi connectivity index (χ1) is 14.8. The Morgan fingerprint density at radius 3 is 2.45 bits per heavy atom. The number of methoxy groups -OCH3 is 1. The first-order valence-electron chi connectivity index (χ1n) is 9.80. The van der Waals surface area contributed by atoms with Crippen molar-refractivity contribution in [3.8, 4) is 11.5 Å². The summed E-state index contributed by atoms with van der Waals surface area (Å²) in [6, 6.07) is 5.30. The highest BCUT2D eigenvalue weighted by Crippen LogP contribution is 2.28. The fourth-order valence-electron chi connectivity index (χ4n) is 3.07. The van der Waals surface area contributed by atoms with Gasteiger partial charge in [-0.2, -0.15) is 0 Å². The summed E-state index contributed by atoms with van der Waals surface area (Å²) < 4.78 is 20.8. The fraction of sp³-hybridized carbons (Fsp3) is 0.348. The summed E-state index contributed by atoms with van der Waals surface area (Å²) in [6.45, 7) is 6.27. The molecule has 166 valence electrons. The van der Waals surface area contributed by atoms with Gasteiger partial charge in [0.25, 0.3) is 0 Å². The number of hydrogen-bond donors (Lipinski definition) is 1. The number of ether oxygens (including phenoxy) is 4. The number of ketones is 1. The topological polar surface area (TPSA) is 104 Å². The fourth-order valence-corrected chi connectivity index (χ4v) is 3.07. The molecule has 0 unspecified atom stereocenters. The van der Waals surface area contributed by atoms with Crippen molar-refractivity contribution in [2.75, 3.05) is 26.9 Å². The average molecular weight is 429 g/mol. The maximum absolute atomic E-state index is 12.5. The van der Waals surface area contributed by atoms with Crippen molar-refractivity contribution in [3.63, 3.8) is 0 Å². The van der Waals surface area contributed by atoms with Crippen molar-refractivity contribution in [2.45, 2.75) is 27.7 Å². The molecule has 0 bridgehead atoms. The zero-order chi connectivity index (χ0) is 23.0. The number of rotatable bonds is 10. The van der Waals surface area contributed by atoms with Crippen molar-refractivity contribution in [2.24, 2.45) is 0 Å². The molecular weight excluding hydrogens is 402 g/mol. The third-order valence-electron chi connectivity index (χ3n) is 4.45. The van der Waals surface area contributed by atoms with E-state index in [0.717, 1.165) is 5.56 Å². The molecule has 0 aliphatic heterocycles. The minimum Gasteiger partial charge on any atom is -0.493 e. The zero-order valence-electron chi connectivity index (χ0n) is 18.4. The Morgan fingerprint density at radius 1 is 1.06 bits per heavy atom. The molecule has 2 aromatic rings. The summed E-state index contributed by atoms with van der Waals surface area (Å²) in [5.74, 6) is -0.810. The van der Waals surface area contributed by atoms with Crippen molar-refractivity contribution >= 4 is 23.8 Å². The van der Waals surface area contributed by atoms with Crippen LogP contribution in [0.25, 0.3) is 6.08 Å². The highest BCUT2D eigenvalue weighted by atomic mass is 16.6. The Morgan fingerprint density at radius 2 is 1.81 bits per heavy atom. The van der Waals surface area contributed by atoms with Crippen LogP contribution in [0.4, 0.5) is 0 Å². The average Bonchev–Trinajstić information content (AvgIpc) is 3.05. The Bertz CT molecular complexity index is 988. The SMILES string of the molecule is C/C=C/c1ccc(OCC(=O)OCC(=O)c2c(C)[nH]c(C(=O)OCC)c2C)c(OC)c1. The van der Waals surface area contributed by atoms with Gasteiger partial charge in [0.1, 0.15) is 5.69 Å². The molecule has 8 heteroatoms. The standard InChI is InChI=1S/C23H27NO7/c1-6-8-16-9-10-18(19(11-16)28-5)30-13-20(26)31-12-17(25)21-14(3)22(24-15(21)4)23(27)29-7-2/h6,8-11,24H,7,12-13H2,1-5H3/b8-6+. The van der Waals surface area contributed by atoms with Crippen LogP contribution < -0.4 is 9.47 Å². The predicted molar refractivity (Wildman–Crippen MR) is 115 cm³/mol. The summed E-state index contributed by atoms with van der Waals surface area (Å²) in [4.78, 5) is 39.4. The molecule has 2 rings (SSSR count). The van der Waals surface area contributed by atoms with Crippen LogP contribution in [-0.2, 0) is 14.3 Å². The third kappa shape index (κ3) is 5.97. The summed E-state index contributed by atoms with van der Waals surface area (Å²) >= 11 is 0. The molecule has 1 heterocycles. The van der Waals surface area contributed by atoms with Gasteiger partial charge in [-0.1, -0.05) is 18.2 Å². The van der Waals surface area contributed by atoms with Gasteiger partial charge in [0.05, 0.1) is 13.7 Å². The molecule has 0 aliphatic rings. The Labute approximate surface area is 181 Å². The largest absolute Gasteiger partial charge is 0.493 e. The third-order valence-corrected chi connectivity index (χ3v) is 4.45. The number of benzene rings is 1. The normalized spacial score (nSPS) is 10.7. The van der Waals surface area contributed by atoms with E-state index in [9.17, 15) is 14.4 Å². The second-order valence-corrected chi connectivity index (χ2v) is 6.63. The Kier molecular flexibility index (Phi) is 8.43. The number of hydrogen-bond acceptors (Lipinski definition) is 7. The second-order valence-electron chi connectivity index (χ2n) is 6.63. The maximum atomic E-state index is 12.5. The number of allylic oxidation sites excluding steroid dienone is 1. The van der Waals surface area contributed by atoms with Crippen LogP contribution in [0.3, 0.4) is 0 Å². The number of carbonyl (C=O) groups excluding carboxylic acids is 3. The number of aryl methyl sites for hydroxylation is 1. The van der Waals surface area contributed by atoms with E-state index in [1.807, 2.05) is 25.1 Å². The summed E-state index contributed by atoms with van der Waals surface area (Å²) in [7, 11) is 1.50. The van der Waals surface area contributed by atoms with E-state index in [1.165, 1.54) is 7.11 Å². The molecule has 0 radical (unpaired) electrons. The number of Topliss-reactive ketones (excluding diaryl/α,β-unsaturated/α-hetero) is 1. The van der Waals surface area contributed by atoms with Gasteiger partial charge in [-0.25, -0.2) is 9.59 Å². The molecule has 0 amide bonds. The molecule has 1 N–H and O–H groups in total. The van der Waals surface area contributed by atoms with Gasteiger partial charge < -0.3 is 23.9 Å². The minimum atomic E-state index is -0.704. The molecule has 0 spiro atoms. The minimum absolute atomic E-state index is 0.214. The van der Waals surface area contributed by atoms with Crippen molar-refractivity contribution in [1.29, 1.82) is 0 Å². The van der Waals surface area contributed by atoms with Gasteiger partial charge in [0, 0.05) is 11.3 Å². The van der Waals surface area contributed by atoms with Gasteiger partial charge >= 0.3 is 11.9 Å². The first kappa shape index (κ1) is 23.7. The first-order valence-corrected chi connectivity index (χ1v) is 9.80. The molecule has 0 aliphatic carbocycles. The Balaban J connectivity index is 1.96. The van der Waals surface area contributed by atoms with Crippen LogP contribution in [0.5, 0.6) is 11.5 Å². The molecular formula is C23H27NO7. The molecule has 8 nitrogen and oxygen atoms in total. The van der Waals surface area contributed by atoms with Crippen LogP contribution >= 0.6 is 0 Å². The molecule has 0 atom stereocenters. The summed E-state index contributed by atoms with van der Waals surface area (Å²) in [6.07, 6.45) is 3.80. The number of aromatic nitrogens is 1. The van der Waals surface area contributed by atoms with E-state index >= 15 is 0 Å². The lowest BCUT2D eigenvalue weighted by atomic mass is 10.1. The van der Waals surface area contributed by atoms with E-state index in [-0.39, 0.29) is 18.9 Å². The monoisotopic (exact) mass is 429 g/mol. The van der Waals surface area contributed by atoms with Gasteiger partial charge in [-0.15, -0.1) is 0 Å². The molecule has 1 aromatic heterocycles. The van der Waals surface area contributed by atoms with Gasteiger partial charge in [-0.3, -0.25) is 4.79 Å². The van der Waals surface area contributed by atoms with Gasteiger partial charge in [0.15, 0.2) is 24.7 Å². The lowest BCUT2D eigenvalue weighted by Gasteiger charge is -2.11. The Hall–Kier alpha value is -3.55. The van der Waals surface area contributed by atoms with E-state index in [4.69, 9.17) is 18.9 Å². The van der Waals surface area contributed by atoms with Crippen LogP contribution in [0, 0.1) is 13.8 Å². The van der Waals surface area contributed by atoms with Crippen molar-refractivity contribution in [1.82, 2.24) is 4.98 Å². The van der Waals surface area contributed by atoms with E-state index < -0.39 is 24.3 Å². The number of H-pyrrole nitrogens is 1. The second kappa shape index (κ2) is 11.0. The summed E-state index contributed by atoms with van der Waals surface area (Å²) in [5.41, 5.74) is 2.41. The predicted octanol–water partition coefficient (Wildman–Crippen LogP) is 3.65. The van der Waals surface area contributed by atoms with E-state index in [2.05, 4.69) is 4.98 Å². The molecule has 1 aromatic carbocycles. The van der Waals surface area contributed by atoms with Crippen LogP contribution in [0.15, 0.2) is 24.3 Å². The zero-order valence-corrected chi connectivity index (χ0v) is 18.4. The molecule has 0 fully saturated rings. The number of esters is 2. The van der Waals surface area contributed by atoms with Crippen molar-refractivity contribution < 1.29 is 33.3 Å². The number of carbonyl (C=O) groups is 3. The van der Waals surface area contributed by atoms with Crippen LogP contribution in [0.2, 0.25) is 0 Å².